The van der Waals surface area contributed by atoms with Gasteiger partial charge in [-0.05, 0) is 19.4 Å². The number of aromatic nitrogens is 2. The minimum Gasteiger partial charge on any atom is -0.307 e. The molecule has 3 heteroatoms. The largest absolute Gasteiger partial charge is 0.307 e. The predicted octanol–water partition coefficient (Wildman–Crippen LogP) is 0.683. The van der Waals surface area contributed by atoms with Gasteiger partial charge in [0.25, 0.3) is 0 Å². The standard InChI is InChI=1S/C8H13N3/c1-6-3-10-11-5-7(2)9-4-8(6)11/h3,7,9H,4-5H2,1-2H3/t7-/m0/s1. The lowest BCUT2D eigenvalue weighted by Crippen LogP contribution is -2.36. The Kier molecular flexibility index (Phi) is 1.46. The third-order valence-corrected chi connectivity index (χ3v) is 2.22. The first kappa shape index (κ1) is 6.85. The second-order valence-corrected chi connectivity index (χ2v) is 3.24. The lowest BCUT2D eigenvalue weighted by molar-refractivity contribution is 0.388. The average Bonchev–Trinajstić information content (AvgIpc) is 2.32. The molecule has 2 rings (SSSR count). The van der Waals surface area contributed by atoms with Crippen LogP contribution in [0.5, 0.6) is 0 Å². The van der Waals surface area contributed by atoms with Crippen LogP contribution in [-0.2, 0) is 13.1 Å². The van der Waals surface area contributed by atoms with Gasteiger partial charge in [0.1, 0.15) is 0 Å². The summed E-state index contributed by atoms with van der Waals surface area (Å²) >= 11 is 0. The van der Waals surface area contributed by atoms with E-state index in [1.54, 1.807) is 0 Å². The molecule has 1 aromatic rings. The lowest BCUT2D eigenvalue weighted by atomic mass is 10.2. The number of nitrogens with one attached hydrogen (secondary N) is 1. The average molecular weight is 151 g/mol. The van der Waals surface area contributed by atoms with Crippen LogP contribution in [-0.4, -0.2) is 15.8 Å². The minimum atomic E-state index is 0.557. The summed E-state index contributed by atoms with van der Waals surface area (Å²) in [5.41, 5.74) is 2.63. The maximum Gasteiger partial charge on any atom is 0.0563 e. The number of fused-ring (bicyclic) bond motifs is 1. The van der Waals surface area contributed by atoms with Crippen LogP contribution in [0.4, 0.5) is 0 Å². The molecule has 0 saturated heterocycles. The zero-order valence-corrected chi connectivity index (χ0v) is 6.96. The molecule has 0 radical (unpaired) electrons. The Hall–Kier alpha value is -0.830. The monoisotopic (exact) mass is 151 g/mol. The Bertz CT molecular complexity index is 264. The molecule has 0 bridgehead atoms. The lowest BCUT2D eigenvalue weighted by Gasteiger charge is -2.21. The van der Waals surface area contributed by atoms with Gasteiger partial charge >= 0.3 is 0 Å². The summed E-state index contributed by atoms with van der Waals surface area (Å²) in [4.78, 5) is 0. The van der Waals surface area contributed by atoms with Crippen molar-refractivity contribution >= 4 is 0 Å². The number of hydrogen-bond donors (Lipinski definition) is 1. The summed E-state index contributed by atoms with van der Waals surface area (Å²) in [6, 6.07) is 0.557. The van der Waals surface area contributed by atoms with Gasteiger partial charge in [-0.2, -0.15) is 5.10 Å². The first-order valence-corrected chi connectivity index (χ1v) is 4.02. The number of nitrogens with zero attached hydrogens (tertiary/aromatic N) is 2. The fourth-order valence-corrected chi connectivity index (χ4v) is 1.49. The van der Waals surface area contributed by atoms with Crippen LogP contribution in [0, 0.1) is 6.92 Å². The highest BCUT2D eigenvalue weighted by molar-refractivity contribution is 5.16. The summed E-state index contributed by atoms with van der Waals surface area (Å²) in [7, 11) is 0. The third-order valence-electron chi connectivity index (χ3n) is 2.22. The summed E-state index contributed by atoms with van der Waals surface area (Å²) in [6.45, 7) is 6.26. The van der Waals surface area contributed by atoms with Crippen molar-refractivity contribution in [3.05, 3.63) is 17.5 Å². The van der Waals surface area contributed by atoms with Crippen LogP contribution in [0.2, 0.25) is 0 Å². The summed E-state index contributed by atoms with van der Waals surface area (Å²) in [5.74, 6) is 0. The molecule has 2 heterocycles. The number of aryl methyl sites for hydroxylation is 1. The summed E-state index contributed by atoms with van der Waals surface area (Å²) in [5, 5.41) is 7.69. The van der Waals surface area contributed by atoms with Crippen LogP contribution < -0.4 is 5.32 Å². The zero-order valence-electron chi connectivity index (χ0n) is 6.96. The molecule has 11 heavy (non-hydrogen) atoms. The van der Waals surface area contributed by atoms with Crippen LogP contribution in [0.25, 0.3) is 0 Å². The number of hydrogen-bond acceptors (Lipinski definition) is 2. The maximum absolute atomic E-state index is 4.28. The van der Waals surface area contributed by atoms with Crippen LogP contribution >= 0.6 is 0 Å². The van der Waals surface area contributed by atoms with E-state index >= 15 is 0 Å². The van der Waals surface area contributed by atoms with Crippen molar-refractivity contribution in [1.29, 1.82) is 0 Å². The second kappa shape index (κ2) is 2.34. The van der Waals surface area contributed by atoms with Gasteiger partial charge in [0, 0.05) is 12.6 Å². The smallest absolute Gasteiger partial charge is 0.0563 e. The third kappa shape index (κ3) is 1.05. The van der Waals surface area contributed by atoms with E-state index in [1.165, 1.54) is 11.3 Å². The Morgan fingerprint density at radius 3 is 3.36 bits per heavy atom. The van der Waals surface area contributed by atoms with Crippen molar-refractivity contribution in [2.45, 2.75) is 33.0 Å². The van der Waals surface area contributed by atoms with E-state index in [2.05, 4.69) is 28.9 Å². The highest BCUT2D eigenvalue weighted by Crippen LogP contribution is 2.11. The fourth-order valence-electron chi connectivity index (χ4n) is 1.49. The Balaban J connectivity index is 2.36. The molecule has 1 N–H and O–H groups in total. The van der Waals surface area contributed by atoms with Gasteiger partial charge in [-0.3, -0.25) is 4.68 Å². The van der Waals surface area contributed by atoms with E-state index in [9.17, 15) is 0 Å². The van der Waals surface area contributed by atoms with Crippen LogP contribution in [0.15, 0.2) is 6.20 Å². The van der Waals surface area contributed by atoms with Crippen molar-refractivity contribution in [3.8, 4) is 0 Å². The van der Waals surface area contributed by atoms with Crippen LogP contribution in [0.1, 0.15) is 18.2 Å². The van der Waals surface area contributed by atoms with Gasteiger partial charge in [-0.15, -0.1) is 0 Å². The molecular weight excluding hydrogens is 138 g/mol. The SMILES string of the molecule is Cc1cnn2c1CN[C@@H](C)C2. The first-order chi connectivity index (χ1) is 5.27. The Morgan fingerprint density at radius 1 is 1.73 bits per heavy atom. The molecule has 0 aromatic carbocycles. The van der Waals surface area contributed by atoms with E-state index in [-0.39, 0.29) is 0 Å². The number of rotatable bonds is 0. The van der Waals surface area contributed by atoms with Gasteiger partial charge < -0.3 is 5.32 Å². The molecule has 0 unspecified atom stereocenters. The molecule has 1 aromatic heterocycles. The minimum absolute atomic E-state index is 0.557. The Morgan fingerprint density at radius 2 is 2.55 bits per heavy atom. The van der Waals surface area contributed by atoms with Gasteiger partial charge in [-0.1, -0.05) is 0 Å². The maximum atomic E-state index is 4.28. The molecule has 60 valence electrons. The van der Waals surface area contributed by atoms with Gasteiger partial charge in [0.15, 0.2) is 0 Å². The molecule has 0 spiro atoms. The van der Waals surface area contributed by atoms with E-state index in [0.29, 0.717) is 6.04 Å². The van der Waals surface area contributed by atoms with Crippen molar-refractivity contribution in [2.75, 3.05) is 0 Å². The molecule has 3 nitrogen and oxygen atoms in total. The highest BCUT2D eigenvalue weighted by Gasteiger charge is 2.15. The summed E-state index contributed by atoms with van der Waals surface area (Å²) in [6.07, 6.45) is 1.94. The fraction of sp³-hybridized carbons (Fsp3) is 0.625. The van der Waals surface area contributed by atoms with E-state index < -0.39 is 0 Å². The Labute approximate surface area is 66.4 Å². The molecule has 0 fully saturated rings. The van der Waals surface area contributed by atoms with E-state index in [1.807, 2.05) is 6.20 Å². The molecule has 0 saturated carbocycles. The summed E-state index contributed by atoms with van der Waals surface area (Å²) < 4.78 is 2.09. The molecule has 1 aliphatic heterocycles. The molecule has 1 aliphatic rings. The van der Waals surface area contributed by atoms with Gasteiger partial charge in [-0.25, -0.2) is 0 Å². The quantitative estimate of drug-likeness (QED) is 0.591. The van der Waals surface area contributed by atoms with Crippen LogP contribution in [0.3, 0.4) is 0 Å². The zero-order chi connectivity index (χ0) is 7.84. The molecular formula is C8H13N3. The highest BCUT2D eigenvalue weighted by atomic mass is 15.3. The molecule has 0 aliphatic carbocycles. The normalized spacial score (nSPS) is 23.3. The van der Waals surface area contributed by atoms with Gasteiger partial charge in [0.05, 0.1) is 18.4 Å². The molecule has 1 atom stereocenters. The van der Waals surface area contributed by atoms with Gasteiger partial charge in [0.2, 0.25) is 0 Å². The van der Waals surface area contributed by atoms with Crippen molar-refractivity contribution in [2.24, 2.45) is 0 Å². The van der Waals surface area contributed by atoms with E-state index in [0.717, 1.165) is 13.1 Å². The molecule has 0 amide bonds. The van der Waals surface area contributed by atoms with Crippen molar-refractivity contribution in [1.82, 2.24) is 15.1 Å². The topological polar surface area (TPSA) is 29.9 Å². The second-order valence-electron chi connectivity index (χ2n) is 3.24. The first-order valence-electron chi connectivity index (χ1n) is 4.02. The van der Waals surface area contributed by atoms with Crippen molar-refractivity contribution < 1.29 is 0 Å². The van der Waals surface area contributed by atoms with E-state index in [4.69, 9.17) is 0 Å². The van der Waals surface area contributed by atoms with Crippen molar-refractivity contribution in [3.63, 3.8) is 0 Å². The predicted molar refractivity (Wildman–Crippen MR) is 43.3 cm³/mol.